The fraction of sp³-hybridized carbons (Fsp3) is 0.222. The van der Waals surface area contributed by atoms with E-state index in [-0.39, 0.29) is 29.7 Å². The lowest BCUT2D eigenvalue weighted by Gasteiger charge is -2.10. The number of nitrogens with one attached hydrogen (secondary N) is 3. The topological polar surface area (TPSA) is 123 Å². The van der Waals surface area contributed by atoms with Gasteiger partial charge in [0.25, 0.3) is 15.9 Å². The van der Waals surface area contributed by atoms with Crippen molar-refractivity contribution in [2.24, 2.45) is 0 Å². The van der Waals surface area contributed by atoms with Crippen LogP contribution in [-0.2, 0) is 14.8 Å². The van der Waals surface area contributed by atoms with Gasteiger partial charge < -0.3 is 20.1 Å². The molecule has 1 aliphatic heterocycles. The summed E-state index contributed by atoms with van der Waals surface area (Å²) in [5, 5.41) is 5.00. The van der Waals surface area contributed by atoms with E-state index >= 15 is 0 Å². The summed E-state index contributed by atoms with van der Waals surface area (Å²) in [4.78, 5) is 23.5. The molecule has 0 atom stereocenters. The maximum atomic E-state index is 12.6. The molecule has 0 radical (unpaired) electrons. The molecule has 0 aliphatic carbocycles. The molecule has 2 aromatic carbocycles. The molecule has 0 saturated heterocycles. The number of rotatable bonds is 7. The van der Waals surface area contributed by atoms with Crippen molar-refractivity contribution in [3.8, 4) is 11.5 Å². The van der Waals surface area contributed by atoms with Gasteiger partial charge in [0, 0.05) is 18.2 Å². The zero-order chi connectivity index (χ0) is 20.1. The molecule has 28 heavy (non-hydrogen) atoms. The van der Waals surface area contributed by atoms with Crippen LogP contribution in [0.1, 0.15) is 17.3 Å². The highest BCUT2D eigenvalue weighted by atomic mass is 32.2. The maximum absolute atomic E-state index is 12.6. The lowest BCUT2D eigenvalue weighted by molar-refractivity contribution is -0.120. The number of hydrogen-bond acceptors (Lipinski definition) is 6. The first-order chi connectivity index (χ1) is 13.4. The zero-order valence-corrected chi connectivity index (χ0v) is 15.8. The number of likely N-dealkylation sites (N-methyl/N-ethyl adjacent to an activating group) is 1. The smallest absolute Gasteiger partial charge is 0.261 e. The summed E-state index contributed by atoms with van der Waals surface area (Å²) in [7, 11) is -3.93. The number of carbonyl (C=O) groups is 2. The van der Waals surface area contributed by atoms with Crippen LogP contribution >= 0.6 is 0 Å². The summed E-state index contributed by atoms with van der Waals surface area (Å²) < 4.78 is 38.2. The van der Waals surface area contributed by atoms with Crippen molar-refractivity contribution >= 4 is 27.5 Å². The van der Waals surface area contributed by atoms with Crippen LogP contribution in [0.3, 0.4) is 0 Å². The average molecular weight is 405 g/mol. The molecule has 148 valence electrons. The SMILES string of the molecule is CCNC(=O)CNC(=O)c1cccc(S(=O)(=O)Nc2ccc3c(c2)OCO3)c1. The number of ether oxygens (including phenoxy) is 2. The molecule has 1 heterocycles. The van der Waals surface area contributed by atoms with Gasteiger partial charge in [0.15, 0.2) is 11.5 Å². The van der Waals surface area contributed by atoms with Crippen molar-refractivity contribution < 1.29 is 27.5 Å². The minimum atomic E-state index is -3.93. The van der Waals surface area contributed by atoms with Crippen molar-refractivity contribution in [2.45, 2.75) is 11.8 Å². The van der Waals surface area contributed by atoms with Crippen molar-refractivity contribution in [3.05, 3.63) is 48.0 Å². The van der Waals surface area contributed by atoms with E-state index in [1.54, 1.807) is 19.1 Å². The number of amides is 2. The molecule has 0 unspecified atom stereocenters. The van der Waals surface area contributed by atoms with Gasteiger partial charge in [-0.2, -0.15) is 0 Å². The fourth-order valence-corrected chi connectivity index (χ4v) is 3.60. The van der Waals surface area contributed by atoms with E-state index in [1.165, 1.54) is 30.3 Å². The van der Waals surface area contributed by atoms with Crippen molar-refractivity contribution in [2.75, 3.05) is 24.6 Å². The summed E-state index contributed by atoms with van der Waals surface area (Å²) in [6.45, 7) is 2.10. The van der Waals surface area contributed by atoms with Gasteiger partial charge in [-0.15, -0.1) is 0 Å². The van der Waals surface area contributed by atoms with E-state index < -0.39 is 15.9 Å². The van der Waals surface area contributed by atoms with Gasteiger partial charge in [0.2, 0.25) is 12.7 Å². The second-order valence-electron chi connectivity index (χ2n) is 5.84. The lowest BCUT2D eigenvalue weighted by atomic mass is 10.2. The summed E-state index contributed by atoms with van der Waals surface area (Å²) in [5.41, 5.74) is 0.424. The third-order valence-corrected chi connectivity index (χ3v) is 5.19. The van der Waals surface area contributed by atoms with E-state index in [0.717, 1.165) is 0 Å². The molecule has 0 saturated carbocycles. The van der Waals surface area contributed by atoms with Crippen molar-refractivity contribution in [3.63, 3.8) is 0 Å². The van der Waals surface area contributed by atoms with Crippen molar-refractivity contribution in [1.29, 1.82) is 0 Å². The van der Waals surface area contributed by atoms with Crippen LogP contribution in [0, 0.1) is 0 Å². The minimum absolute atomic E-state index is 0.0823. The van der Waals surface area contributed by atoms with Crippen LogP contribution in [0.4, 0.5) is 5.69 Å². The molecule has 0 aromatic heterocycles. The van der Waals surface area contributed by atoms with E-state index in [0.29, 0.717) is 23.7 Å². The highest BCUT2D eigenvalue weighted by molar-refractivity contribution is 7.92. The number of sulfonamides is 1. The normalized spacial score (nSPS) is 12.3. The third-order valence-electron chi connectivity index (χ3n) is 3.81. The maximum Gasteiger partial charge on any atom is 0.261 e. The molecule has 2 aromatic rings. The quantitative estimate of drug-likeness (QED) is 0.634. The lowest BCUT2D eigenvalue weighted by Crippen LogP contribution is -2.36. The number of fused-ring (bicyclic) bond motifs is 1. The Morgan fingerprint density at radius 1 is 1.04 bits per heavy atom. The zero-order valence-electron chi connectivity index (χ0n) is 15.0. The standard InChI is InChI=1S/C18H19N3O6S/c1-2-19-17(22)10-20-18(23)12-4-3-5-14(8-12)28(24,25)21-13-6-7-15-16(9-13)27-11-26-15/h3-9,21H,2,10-11H2,1H3,(H,19,22)(H,20,23). The summed E-state index contributed by atoms with van der Waals surface area (Å²) in [5.74, 6) is 0.0999. The highest BCUT2D eigenvalue weighted by Crippen LogP contribution is 2.34. The van der Waals surface area contributed by atoms with Gasteiger partial charge >= 0.3 is 0 Å². The summed E-state index contributed by atoms with van der Waals surface area (Å²) >= 11 is 0. The Balaban J connectivity index is 1.73. The molecular weight excluding hydrogens is 386 g/mol. The van der Waals surface area contributed by atoms with Gasteiger partial charge in [-0.1, -0.05) is 6.07 Å². The van der Waals surface area contributed by atoms with E-state index in [9.17, 15) is 18.0 Å². The van der Waals surface area contributed by atoms with Gasteiger partial charge in [0.05, 0.1) is 17.1 Å². The van der Waals surface area contributed by atoms with E-state index in [4.69, 9.17) is 9.47 Å². The van der Waals surface area contributed by atoms with Gasteiger partial charge in [-0.3, -0.25) is 14.3 Å². The Morgan fingerprint density at radius 2 is 1.82 bits per heavy atom. The predicted octanol–water partition coefficient (Wildman–Crippen LogP) is 1.08. The van der Waals surface area contributed by atoms with Crippen LogP contribution in [0.5, 0.6) is 11.5 Å². The van der Waals surface area contributed by atoms with Crippen LogP contribution in [0.25, 0.3) is 0 Å². The molecule has 3 rings (SSSR count). The van der Waals surface area contributed by atoms with Crippen LogP contribution in [0.2, 0.25) is 0 Å². The molecule has 1 aliphatic rings. The van der Waals surface area contributed by atoms with Gasteiger partial charge in [0.1, 0.15) is 0 Å². The summed E-state index contributed by atoms with van der Waals surface area (Å²) in [6, 6.07) is 10.2. The highest BCUT2D eigenvalue weighted by Gasteiger charge is 2.19. The monoisotopic (exact) mass is 405 g/mol. The van der Waals surface area contributed by atoms with E-state index in [1.807, 2.05) is 0 Å². The Hall–Kier alpha value is -3.27. The van der Waals surface area contributed by atoms with E-state index in [2.05, 4.69) is 15.4 Å². The van der Waals surface area contributed by atoms with Gasteiger partial charge in [-0.25, -0.2) is 8.42 Å². The second kappa shape index (κ2) is 8.17. The Bertz CT molecular complexity index is 1010. The number of carbonyl (C=O) groups excluding carboxylic acids is 2. The molecule has 10 heteroatoms. The van der Waals surface area contributed by atoms with Crippen molar-refractivity contribution in [1.82, 2.24) is 10.6 Å². The first kappa shape index (κ1) is 19.5. The average Bonchev–Trinajstić information content (AvgIpc) is 3.14. The molecular formula is C18H19N3O6S. The minimum Gasteiger partial charge on any atom is -0.454 e. The molecule has 2 amide bonds. The second-order valence-corrected chi connectivity index (χ2v) is 7.52. The summed E-state index contributed by atoms with van der Waals surface area (Å²) in [6.07, 6.45) is 0. The van der Waals surface area contributed by atoms with Crippen LogP contribution in [-0.4, -0.2) is 40.1 Å². The molecule has 0 spiro atoms. The van der Waals surface area contributed by atoms with Gasteiger partial charge in [-0.05, 0) is 37.3 Å². The first-order valence-electron chi connectivity index (χ1n) is 8.46. The largest absolute Gasteiger partial charge is 0.454 e. The number of hydrogen-bond donors (Lipinski definition) is 3. The Morgan fingerprint density at radius 3 is 2.61 bits per heavy atom. The fourth-order valence-electron chi connectivity index (χ4n) is 2.50. The predicted molar refractivity (Wildman–Crippen MR) is 101 cm³/mol. The molecule has 9 nitrogen and oxygen atoms in total. The van der Waals surface area contributed by atoms with Crippen LogP contribution < -0.4 is 24.8 Å². The number of benzene rings is 2. The third kappa shape index (κ3) is 4.52. The first-order valence-corrected chi connectivity index (χ1v) is 9.95. The Labute approximate surface area is 162 Å². The molecule has 0 bridgehead atoms. The Kier molecular flexibility index (Phi) is 5.69. The molecule has 3 N–H and O–H groups in total. The molecule has 0 fully saturated rings. The number of anilines is 1. The van der Waals surface area contributed by atoms with Crippen LogP contribution in [0.15, 0.2) is 47.4 Å².